The van der Waals surface area contributed by atoms with Crippen molar-refractivity contribution in [2.45, 2.75) is 24.2 Å². The van der Waals surface area contributed by atoms with Gasteiger partial charge in [-0.1, -0.05) is 11.6 Å². The van der Waals surface area contributed by atoms with Crippen LogP contribution in [0.15, 0.2) is 12.4 Å². The number of nitrogens with two attached hydrogens (primary N) is 2. The van der Waals surface area contributed by atoms with Gasteiger partial charge in [0.15, 0.2) is 0 Å². The average molecular weight is 352 g/mol. The van der Waals surface area contributed by atoms with Crippen molar-refractivity contribution in [3.05, 3.63) is 23.1 Å². The lowest BCUT2D eigenvalue weighted by molar-refractivity contribution is 0.0687. The number of hydrogen-bond donors (Lipinski definition) is 3. The molecule has 9 nitrogen and oxygen atoms in total. The molecule has 5 N–H and O–H groups in total. The fourth-order valence-electron chi connectivity index (χ4n) is 3.16. The SMILES string of the molecule is Cn1cc(Nc2nc(N)c(Cl)c([C@@H]3COC4C3OC[C@@H]4N)n2)cn1. The lowest BCUT2D eigenvalue weighted by Crippen LogP contribution is -2.35. The van der Waals surface area contributed by atoms with E-state index in [2.05, 4.69) is 20.4 Å². The van der Waals surface area contributed by atoms with Crippen molar-refractivity contribution in [2.75, 3.05) is 24.3 Å². The van der Waals surface area contributed by atoms with Crippen LogP contribution >= 0.6 is 11.6 Å². The molecular weight excluding hydrogens is 334 g/mol. The summed E-state index contributed by atoms with van der Waals surface area (Å²) in [5, 5.41) is 7.49. The van der Waals surface area contributed by atoms with Crippen molar-refractivity contribution in [1.29, 1.82) is 0 Å². The van der Waals surface area contributed by atoms with Crippen molar-refractivity contribution in [3.8, 4) is 0 Å². The van der Waals surface area contributed by atoms with Crippen molar-refractivity contribution in [1.82, 2.24) is 19.7 Å². The van der Waals surface area contributed by atoms with E-state index in [0.717, 1.165) is 5.69 Å². The third-order valence-electron chi connectivity index (χ3n) is 4.31. The fourth-order valence-corrected chi connectivity index (χ4v) is 3.39. The summed E-state index contributed by atoms with van der Waals surface area (Å²) in [7, 11) is 1.82. The molecule has 4 heterocycles. The average Bonchev–Trinajstić information content (AvgIpc) is 3.22. The van der Waals surface area contributed by atoms with Crippen LogP contribution in [0.2, 0.25) is 5.02 Å². The molecule has 2 fully saturated rings. The molecule has 0 radical (unpaired) electrons. The molecule has 0 aromatic carbocycles. The molecule has 4 atom stereocenters. The van der Waals surface area contributed by atoms with E-state index in [4.69, 9.17) is 32.5 Å². The molecule has 0 amide bonds. The molecule has 0 spiro atoms. The van der Waals surface area contributed by atoms with Crippen LogP contribution in [0.5, 0.6) is 0 Å². The van der Waals surface area contributed by atoms with Gasteiger partial charge in [-0.2, -0.15) is 10.1 Å². The summed E-state index contributed by atoms with van der Waals surface area (Å²) in [6.45, 7) is 0.899. The fraction of sp³-hybridized carbons (Fsp3) is 0.500. The quantitative estimate of drug-likeness (QED) is 0.725. The highest BCUT2D eigenvalue weighted by Crippen LogP contribution is 2.40. The molecule has 2 aromatic heterocycles. The van der Waals surface area contributed by atoms with Crippen molar-refractivity contribution >= 4 is 29.1 Å². The highest BCUT2D eigenvalue weighted by Gasteiger charge is 2.48. The summed E-state index contributed by atoms with van der Waals surface area (Å²) < 4.78 is 13.2. The van der Waals surface area contributed by atoms with E-state index in [1.165, 1.54) is 0 Å². The maximum absolute atomic E-state index is 6.34. The van der Waals surface area contributed by atoms with E-state index >= 15 is 0 Å². The largest absolute Gasteiger partial charge is 0.382 e. The van der Waals surface area contributed by atoms with Gasteiger partial charge in [-0.25, -0.2) is 4.98 Å². The number of fused-ring (bicyclic) bond motifs is 1. The van der Waals surface area contributed by atoms with Gasteiger partial charge in [0.2, 0.25) is 5.95 Å². The van der Waals surface area contributed by atoms with E-state index < -0.39 is 0 Å². The van der Waals surface area contributed by atoms with Crippen LogP contribution < -0.4 is 16.8 Å². The number of nitrogen functional groups attached to an aromatic ring is 1. The maximum Gasteiger partial charge on any atom is 0.229 e. The number of aromatic nitrogens is 4. The molecule has 2 saturated heterocycles. The molecule has 128 valence electrons. The van der Waals surface area contributed by atoms with Crippen LogP contribution in [0, 0.1) is 0 Å². The van der Waals surface area contributed by atoms with Crippen LogP contribution in [0.4, 0.5) is 17.5 Å². The Kier molecular flexibility index (Phi) is 3.80. The smallest absolute Gasteiger partial charge is 0.229 e. The van der Waals surface area contributed by atoms with Gasteiger partial charge in [-0.3, -0.25) is 4.68 Å². The highest BCUT2D eigenvalue weighted by molar-refractivity contribution is 6.33. The van der Waals surface area contributed by atoms with E-state index in [1.807, 2.05) is 13.2 Å². The highest BCUT2D eigenvalue weighted by atomic mass is 35.5. The van der Waals surface area contributed by atoms with Gasteiger partial charge in [0.1, 0.15) is 16.9 Å². The molecular formula is C14H18ClN7O2. The molecule has 0 saturated carbocycles. The number of aryl methyl sites for hydroxylation is 1. The predicted octanol–water partition coefficient (Wildman–Crippen LogP) is 0.398. The van der Waals surface area contributed by atoms with Crippen LogP contribution in [-0.4, -0.2) is 51.2 Å². The van der Waals surface area contributed by atoms with Gasteiger partial charge < -0.3 is 26.3 Å². The van der Waals surface area contributed by atoms with Gasteiger partial charge in [0.25, 0.3) is 0 Å². The van der Waals surface area contributed by atoms with Gasteiger partial charge in [-0.05, 0) is 0 Å². The molecule has 2 aliphatic heterocycles. The Balaban J connectivity index is 1.65. The number of nitrogens with zero attached hydrogens (tertiary/aromatic N) is 4. The maximum atomic E-state index is 6.34. The molecule has 24 heavy (non-hydrogen) atoms. The standard InChI is InChI=1S/C14H18ClN7O2/c1-22-3-6(2-18-22)19-14-20-10(9(15)13(17)21-14)7-4-23-12-8(16)5-24-11(7)12/h2-3,7-8,11-12H,4-5,16H2,1H3,(H3,17,19,20,21)/t7-,8-,11?,12?/m0/s1. The van der Waals surface area contributed by atoms with Crippen LogP contribution in [0.1, 0.15) is 11.6 Å². The van der Waals surface area contributed by atoms with Gasteiger partial charge >= 0.3 is 0 Å². The van der Waals surface area contributed by atoms with Gasteiger partial charge in [0.05, 0.1) is 48.9 Å². The molecule has 0 bridgehead atoms. The Labute approximate surface area is 143 Å². The molecule has 0 aliphatic carbocycles. The number of ether oxygens (including phenoxy) is 2. The molecule has 10 heteroatoms. The normalized spacial score (nSPS) is 29.0. The topological polar surface area (TPSA) is 126 Å². The molecule has 4 rings (SSSR count). The zero-order valence-electron chi connectivity index (χ0n) is 13.0. The van der Waals surface area contributed by atoms with Crippen molar-refractivity contribution in [3.63, 3.8) is 0 Å². The Morgan fingerprint density at radius 2 is 2.08 bits per heavy atom. The van der Waals surface area contributed by atoms with Crippen LogP contribution in [-0.2, 0) is 16.5 Å². The van der Waals surface area contributed by atoms with E-state index in [-0.39, 0.29) is 30.0 Å². The Morgan fingerprint density at radius 3 is 2.83 bits per heavy atom. The predicted molar refractivity (Wildman–Crippen MR) is 88.1 cm³/mol. The lowest BCUT2D eigenvalue weighted by Gasteiger charge is -2.18. The van der Waals surface area contributed by atoms with Gasteiger partial charge in [-0.15, -0.1) is 0 Å². The molecule has 2 aromatic rings. The second-order valence-electron chi connectivity index (χ2n) is 6.03. The van der Waals surface area contributed by atoms with Crippen molar-refractivity contribution < 1.29 is 9.47 Å². The van der Waals surface area contributed by atoms with Crippen molar-refractivity contribution in [2.24, 2.45) is 12.8 Å². The Bertz CT molecular complexity index is 768. The summed E-state index contributed by atoms with van der Waals surface area (Å²) >= 11 is 6.34. The summed E-state index contributed by atoms with van der Waals surface area (Å²) in [5.74, 6) is 0.431. The number of halogens is 1. The van der Waals surface area contributed by atoms with E-state index in [1.54, 1.807) is 10.9 Å². The molecule has 2 unspecified atom stereocenters. The summed E-state index contributed by atoms with van der Waals surface area (Å²) in [5.41, 5.74) is 13.3. The Morgan fingerprint density at radius 1 is 1.29 bits per heavy atom. The second-order valence-corrected chi connectivity index (χ2v) is 6.40. The first-order chi connectivity index (χ1) is 11.5. The lowest BCUT2D eigenvalue weighted by atomic mass is 9.97. The summed E-state index contributed by atoms with van der Waals surface area (Å²) in [6, 6.07) is -0.133. The van der Waals surface area contributed by atoms with Crippen LogP contribution in [0.3, 0.4) is 0 Å². The number of rotatable bonds is 3. The molecule has 2 aliphatic rings. The van der Waals surface area contributed by atoms with E-state index in [9.17, 15) is 0 Å². The second kappa shape index (κ2) is 5.85. The third kappa shape index (κ3) is 2.59. The zero-order valence-corrected chi connectivity index (χ0v) is 13.8. The number of hydrogen-bond acceptors (Lipinski definition) is 8. The minimum Gasteiger partial charge on any atom is -0.382 e. The minimum atomic E-state index is -0.168. The first-order valence-electron chi connectivity index (χ1n) is 7.60. The third-order valence-corrected chi connectivity index (χ3v) is 4.69. The number of nitrogens with one attached hydrogen (secondary N) is 1. The zero-order chi connectivity index (χ0) is 16.8. The Hall–Kier alpha value is -1.94. The first-order valence-corrected chi connectivity index (χ1v) is 7.98. The van der Waals surface area contributed by atoms with E-state index in [0.29, 0.717) is 29.9 Å². The number of anilines is 3. The minimum absolute atomic E-state index is 0.129. The monoisotopic (exact) mass is 351 g/mol. The van der Waals surface area contributed by atoms with Gasteiger partial charge in [0, 0.05) is 13.2 Å². The summed E-state index contributed by atoms with van der Waals surface area (Å²) in [6.07, 6.45) is 3.17. The summed E-state index contributed by atoms with van der Waals surface area (Å²) in [4.78, 5) is 8.72. The van der Waals surface area contributed by atoms with Crippen LogP contribution in [0.25, 0.3) is 0 Å². The first kappa shape index (κ1) is 15.6.